The minimum atomic E-state index is 0.0802. The van der Waals surface area contributed by atoms with Crippen LogP contribution in [0.15, 0.2) is 24.5 Å². The summed E-state index contributed by atoms with van der Waals surface area (Å²) < 4.78 is 7.06. The van der Waals surface area contributed by atoms with Crippen LogP contribution in [0.5, 0.6) is 0 Å². The van der Waals surface area contributed by atoms with E-state index in [1.807, 2.05) is 43.1 Å². The summed E-state index contributed by atoms with van der Waals surface area (Å²) in [5, 5.41) is 0.999. The Balaban J connectivity index is 2.28. The van der Waals surface area contributed by atoms with Crippen molar-refractivity contribution in [1.82, 2.24) is 9.47 Å². The predicted molar refractivity (Wildman–Crippen MR) is 86.6 cm³/mol. The van der Waals surface area contributed by atoms with Gasteiger partial charge in [0.15, 0.2) is 0 Å². The molecule has 1 amide bonds. The molecule has 0 aliphatic rings. The lowest BCUT2D eigenvalue weighted by molar-refractivity contribution is 0.0779. The second kappa shape index (κ2) is 6.91. The number of aryl methyl sites for hydroxylation is 1. The zero-order valence-corrected chi connectivity index (χ0v) is 13.9. The first-order valence-electron chi connectivity index (χ1n) is 7.04. The zero-order valence-electron chi connectivity index (χ0n) is 13.0. The van der Waals surface area contributed by atoms with Crippen molar-refractivity contribution in [1.29, 1.82) is 0 Å². The maximum absolute atomic E-state index is 12.8. The number of hydrogen-bond donors (Lipinski definition) is 0. The van der Waals surface area contributed by atoms with Gasteiger partial charge in [0, 0.05) is 44.6 Å². The van der Waals surface area contributed by atoms with E-state index < -0.39 is 0 Å². The lowest BCUT2D eigenvalue weighted by atomic mass is 10.1. The predicted octanol–water partition coefficient (Wildman–Crippen LogP) is 3.26. The molecule has 0 N–H and O–H groups in total. The van der Waals surface area contributed by atoms with Crippen LogP contribution in [0.3, 0.4) is 0 Å². The number of carbonyl (C=O) groups is 1. The molecule has 0 fully saturated rings. The molecule has 2 rings (SSSR count). The summed E-state index contributed by atoms with van der Waals surface area (Å²) in [6.45, 7) is 5.46. The van der Waals surface area contributed by atoms with Crippen LogP contribution in [-0.4, -0.2) is 42.7 Å². The number of methoxy groups -OCH3 is 1. The molecule has 5 heteroatoms. The molecule has 2 aromatic rings. The fraction of sp³-hybridized carbons (Fsp3) is 0.438. The molecule has 0 aliphatic carbocycles. The molecule has 21 heavy (non-hydrogen) atoms. The van der Waals surface area contributed by atoms with Crippen LogP contribution in [0.1, 0.15) is 27.2 Å². The van der Waals surface area contributed by atoms with Crippen molar-refractivity contribution in [3.63, 3.8) is 0 Å². The fourth-order valence-corrected chi connectivity index (χ4v) is 3.37. The van der Waals surface area contributed by atoms with Gasteiger partial charge >= 0.3 is 0 Å². The van der Waals surface area contributed by atoms with Crippen LogP contribution in [0.2, 0.25) is 0 Å². The third-order valence-electron chi connectivity index (χ3n) is 3.61. The van der Waals surface area contributed by atoms with E-state index in [1.165, 1.54) is 4.88 Å². The van der Waals surface area contributed by atoms with E-state index in [9.17, 15) is 4.79 Å². The Morgan fingerprint density at radius 2 is 2.00 bits per heavy atom. The van der Waals surface area contributed by atoms with Crippen LogP contribution in [0.4, 0.5) is 0 Å². The van der Waals surface area contributed by atoms with Gasteiger partial charge in [-0.15, -0.1) is 11.3 Å². The molecule has 0 saturated carbocycles. The Morgan fingerprint density at radius 3 is 2.62 bits per heavy atom. The molecule has 2 heterocycles. The molecule has 0 saturated heterocycles. The van der Waals surface area contributed by atoms with Gasteiger partial charge in [0.2, 0.25) is 0 Å². The molecule has 0 spiro atoms. The summed E-state index contributed by atoms with van der Waals surface area (Å²) >= 11 is 1.66. The van der Waals surface area contributed by atoms with Crippen LogP contribution < -0.4 is 0 Å². The third kappa shape index (κ3) is 3.36. The topological polar surface area (TPSA) is 34.5 Å². The molecule has 4 nitrogen and oxygen atoms in total. The smallest absolute Gasteiger partial charge is 0.256 e. The molecule has 0 aliphatic heterocycles. The van der Waals surface area contributed by atoms with Crippen LogP contribution in [-0.2, 0) is 4.74 Å². The van der Waals surface area contributed by atoms with Gasteiger partial charge in [-0.2, -0.15) is 0 Å². The first-order chi connectivity index (χ1) is 10.1. The van der Waals surface area contributed by atoms with Gasteiger partial charge in [-0.1, -0.05) is 0 Å². The normalized spacial score (nSPS) is 10.9. The third-order valence-corrected chi connectivity index (χ3v) is 4.83. The minimum absolute atomic E-state index is 0.0802. The Hall–Kier alpha value is -1.59. The van der Waals surface area contributed by atoms with Crippen molar-refractivity contribution in [2.24, 2.45) is 0 Å². The number of ether oxygens (including phenoxy) is 1. The van der Waals surface area contributed by atoms with E-state index in [0.717, 1.165) is 22.5 Å². The zero-order chi connectivity index (χ0) is 15.4. The number of nitrogens with zero attached hydrogens (tertiary/aromatic N) is 2. The van der Waals surface area contributed by atoms with E-state index in [-0.39, 0.29) is 5.91 Å². The summed E-state index contributed by atoms with van der Waals surface area (Å²) in [5.74, 6) is 0.0802. The summed E-state index contributed by atoms with van der Waals surface area (Å²) in [7, 11) is 3.53. The van der Waals surface area contributed by atoms with Crippen molar-refractivity contribution in [2.75, 3.05) is 27.3 Å². The lowest BCUT2D eigenvalue weighted by Gasteiger charge is -2.18. The van der Waals surface area contributed by atoms with Gasteiger partial charge in [-0.05, 0) is 38.0 Å². The van der Waals surface area contributed by atoms with Gasteiger partial charge < -0.3 is 14.2 Å². The Labute approximate surface area is 130 Å². The van der Waals surface area contributed by atoms with Crippen LogP contribution >= 0.6 is 11.3 Å². The average molecular weight is 306 g/mol. The van der Waals surface area contributed by atoms with Gasteiger partial charge in [0.1, 0.15) is 5.00 Å². The van der Waals surface area contributed by atoms with E-state index in [1.54, 1.807) is 23.3 Å². The second-order valence-corrected chi connectivity index (χ2v) is 6.33. The molecule has 114 valence electrons. The lowest BCUT2D eigenvalue weighted by Crippen LogP contribution is -2.29. The number of carbonyl (C=O) groups excluding carboxylic acids is 1. The largest absolute Gasteiger partial charge is 0.385 e. The first kappa shape index (κ1) is 15.8. The number of amides is 1. The highest BCUT2D eigenvalue weighted by Crippen LogP contribution is 2.31. The summed E-state index contributed by atoms with van der Waals surface area (Å²) in [6, 6.07) is 3.95. The quantitative estimate of drug-likeness (QED) is 0.768. The fourth-order valence-electron chi connectivity index (χ4n) is 2.25. The number of aromatic nitrogens is 1. The van der Waals surface area contributed by atoms with Crippen molar-refractivity contribution < 1.29 is 9.53 Å². The van der Waals surface area contributed by atoms with Crippen LogP contribution in [0.25, 0.3) is 5.00 Å². The SMILES string of the molecule is COCCCN(C)C(=O)c1c(-n2cccc2)sc(C)c1C. The maximum atomic E-state index is 12.8. The molecular weight excluding hydrogens is 284 g/mol. The van der Waals surface area contributed by atoms with Crippen LogP contribution in [0, 0.1) is 13.8 Å². The van der Waals surface area contributed by atoms with E-state index in [0.29, 0.717) is 13.2 Å². The summed E-state index contributed by atoms with van der Waals surface area (Å²) in [5.41, 5.74) is 1.89. The highest BCUT2D eigenvalue weighted by Gasteiger charge is 2.22. The maximum Gasteiger partial charge on any atom is 0.256 e. The van der Waals surface area contributed by atoms with Gasteiger partial charge in [0.25, 0.3) is 5.91 Å². The minimum Gasteiger partial charge on any atom is -0.385 e. The molecular formula is C16H22N2O2S. The monoisotopic (exact) mass is 306 g/mol. The molecule has 2 aromatic heterocycles. The van der Waals surface area contributed by atoms with Crippen molar-refractivity contribution in [2.45, 2.75) is 20.3 Å². The van der Waals surface area contributed by atoms with Gasteiger partial charge in [0.05, 0.1) is 5.56 Å². The molecule has 0 unspecified atom stereocenters. The summed E-state index contributed by atoms with van der Waals surface area (Å²) in [4.78, 5) is 15.7. The molecule has 0 bridgehead atoms. The van der Waals surface area contributed by atoms with Crippen molar-refractivity contribution in [3.05, 3.63) is 40.5 Å². The average Bonchev–Trinajstić information content (AvgIpc) is 3.08. The number of rotatable bonds is 6. The Kier molecular flexibility index (Phi) is 5.20. The Morgan fingerprint density at radius 1 is 1.33 bits per heavy atom. The van der Waals surface area contributed by atoms with Gasteiger partial charge in [-0.3, -0.25) is 4.79 Å². The number of thiophene rings is 1. The van der Waals surface area contributed by atoms with E-state index in [2.05, 4.69) is 6.92 Å². The molecule has 0 radical (unpaired) electrons. The van der Waals surface area contributed by atoms with E-state index >= 15 is 0 Å². The first-order valence-corrected chi connectivity index (χ1v) is 7.85. The highest BCUT2D eigenvalue weighted by molar-refractivity contribution is 7.15. The Bertz CT molecular complexity index is 602. The molecule has 0 atom stereocenters. The van der Waals surface area contributed by atoms with Crippen molar-refractivity contribution in [3.8, 4) is 5.00 Å². The highest BCUT2D eigenvalue weighted by atomic mass is 32.1. The van der Waals surface area contributed by atoms with E-state index in [4.69, 9.17) is 4.74 Å². The number of hydrogen-bond acceptors (Lipinski definition) is 3. The molecule has 0 aromatic carbocycles. The van der Waals surface area contributed by atoms with Crippen molar-refractivity contribution >= 4 is 17.2 Å². The summed E-state index contributed by atoms with van der Waals surface area (Å²) in [6.07, 6.45) is 4.80. The standard InChI is InChI=1S/C16H22N2O2S/c1-12-13(2)21-16(18-9-5-6-10-18)14(12)15(19)17(3)8-7-11-20-4/h5-6,9-10H,7-8,11H2,1-4H3. The second-order valence-electron chi connectivity index (χ2n) is 5.13. The van der Waals surface area contributed by atoms with Gasteiger partial charge in [-0.25, -0.2) is 0 Å².